The van der Waals surface area contributed by atoms with E-state index in [-0.39, 0.29) is 18.8 Å². The number of aliphatic carboxylic acids is 1. The van der Waals surface area contributed by atoms with Crippen LogP contribution in [0.15, 0.2) is 42.9 Å². The molecule has 0 saturated heterocycles. The zero-order valence-electron chi connectivity index (χ0n) is 20.3. The van der Waals surface area contributed by atoms with Gasteiger partial charge in [-0.25, -0.2) is 9.78 Å². The van der Waals surface area contributed by atoms with E-state index in [1.165, 1.54) is 6.33 Å². The fourth-order valence-electron chi connectivity index (χ4n) is 3.47. The predicted molar refractivity (Wildman–Crippen MR) is 130 cm³/mol. The number of hydrogen-bond donors (Lipinski definition) is 7. The van der Waals surface area contributed by atoms with Crippen LogP contribution < -0.4 is 21.7 Å². The van der Waals surface area contributed by atoms with Crippen molar-refractivity contribution in [3.8, 4) is 0 Å². The second-order valence-electron chi connectivity index (χ2n) is 8.59. The van der Waals surface area contributed by atoms with Gasteiger partial charge >= 0.3 is 5.97 Å². The van der Waals surface area contributed by atoms with Crippen LogP contribution in [-0.4, -0.2) is 74.6 Å². The molecule has 0 aliphatic rings. The molecule has 0 spiro atoms. The minimum atomic E-state index is -1.42. The van der Waals surface area contributed by atoms with Crippen LogP contribution in [0.25, 0.3) is 0 Å². The number of nitrogens with two attached hydrogens (primary N) is 1. The van der Waals surface area contributed by atoms with Gasteiger partial charge in [-0.05, 0) is 11.5 Å². The molecule has 8 N–H and O–H groups in total. The van der Waals surface area contributed by atoms with Crippen LogP contribution in [0, 0.1) is 5.92 Å². The first-order valence-corrected chi connectivity index (χ1v) is 11.7. The molecule has 1 aromatic carbocycles. The number of carboxylic acid groups (broad SMARTS) is 1. The molecule has 5 unspecified atom stereocenters. The van der Waals surface area contributed by atoms with Crippen LogP contribution in [0.1, 0.15) is 31.5 Å². The van der Waals surface area contributed by atoms with Crippen LogP contribution in [0.4, 0.5) is 0 Å². The lowest BCUT2D eigenvalue weighted by Crippen LogP contribution is -2.59. The van der Waals surface area contributed by atoms with Gasteiger partial charge in [-0.15, -0.1) is 0 Å². The normalized spacial score (nSPS) is 15.1. The summed E-state index contributed by atoms with van der Waals surface area (Å²) in [4.78, 5) is 56.8. The van der Waals surface area contributed by atoms with Crippen molar-refractivity contribution in [3.63, 3.8) is 0 Å². The van der Waals surface area contributed by atoms with Gasteiger partial charge in [-0.1, -0.05) is 50.6 Å². The Morgan fingerprint density at radius 1 is 1.00 bits per heavy atom. The van der Waals surface area contributed by atoms with Gasteiger partial charge in [0.1, 0.15) is 18.1 Å². The van der Waals surface area contributed by atoms with Gasteiger partial charge in [0.25, 0.3) is 0 Å². The Hall–Kier alpha value is -3.77. The molecule has 196 valence electrons. The van der Waals surface area contributed by atoms with Crippen molar-refractivity contribution in [1.29, 1.82) is 0 Å². The number of aromatic nitrogens is 2. The highest BCUT2D eigenvalue weighted by atomic mass is 16.4. The number of carbonyl (C=O) groups is 4. The van der Waals surface area contributed by atoms with Gasteiger partial charge < -0.3 is 36.9 Å². The average Bonchev–Trinajstić information content (AvgIpc) is 3.38. The number of H-pyrrole nitrogens is 1. The summed E-state index contributed by atoms with van der Waals surface area (Å²) in [5, 5.41) is 26.7. The highest BCUT2D eigenvalue weighted by Crippen LogP contribution is 2.10. The number of aliphatic hydroxyl groups excluding tert-OH is 1. The van der Waals surface area contributed by atoms with Gasteiger partial charge in [0, 0.05) is 24.7 Å². The molecular weight excluding hydrogens is 468 g/mol. The molecule has 1 heterocycles. The van der Waals surface area contributed by atoms with E-state index in [2.05, 4.69) is 25.9 Å². The first kappa shape index (κ1) is 28.5. The third-order valence-corrected chi connectivity index (χ3v) is 5.84. The van der Waals surface area contributed by atoms with Crippen molar-refractivity contribution in [3.05, 3.63) is 54.1 Å². The van der Waals surface area contributed by atoms with Gasteiger partial charge in [0.2, 0.25) is 17.7 Å². The summed E-state index contributed by atoms with van der Waals surface area (Å²) in [7, 11) is 0. The first-order chi connectivity index (χ1) is 17.2. The molecule has 12 heteroatoms. The maximum Gasteiger partial charge on any atom is 0.326 e. The Kier molecular flexibility index (Phi) is 11.0. The Labute approximate surface area is 209 Å². The molecule has 1 aromatic heterocycles. The van der Waals surface area contributed by atoms with E-state index in [0.29, 0.717) is 17.7 Å². The van der Waals surface area contributed by atoms with E-state index < -0.39 is 54.5 Å². The molecule has 0 radical (unpaired) electrons. The van der Waals surface area contributed by atoms with Crippen molar-refractivity contribution >= 4 is 23.7 Å². The summed E-state index contributed by atoms with van der Waals surface area (Å²) >= 11 is 0. The molecule has 5 atom stereocenters. The maximum atomic E-state index is 13.0. The Morgan fingerprint density at radius 2 is 1.67 bits per heavy atom. The molecule has 36 heavy (non-hydrogen) atoms. The third-order valence-electron chi connectivity index (χ3n) is 5.84. The van der Waals surface area contributed by atoms with Crippen molar-refractivity contribution in [2.45, 2.75) is 57.3 Å². The standard InChI is InChI=1S/C24H34N6O6/c1-3-14(2)20(30-21(32)17(25)10-16-11-26-13-27-16)23(34)29-19(12-31)22(33)28-18(24(35)36)9-15-7-5-4-6-8-15/h4-8,11,13-14,17-20,31H,3,9-10,12,25H2,1-2H3,(H,26,27)(H,28,33)(H,29,34)(H,30,32)(H,35,36). The minimum Gasteiger partial charge on any atom is -0.480 e. The number of hydrogen-bond acceptors (Lipinski definition) is 7. The Bertz CT molecular complexity index is 1000. The number of imidazole rings is 1. The zero-order chi connectivity index (χ0) is 26.7. The second-order valence-corrected chi connectivity index (χ2v) is 8.59. The predicted octanol–water partition coefficient (Wildman–Crippen LogP) is -0.900. The lowest BCUT2D eigenvalue weighted by Gasteiger charge is -2.27. The van der Waals surface area contributed by atoms with E-state index in [1.807, 2.05) is 6.92 Å². The van der Waals surface area contributed by atoms with Crippen LogP contribution >= 0.6 is 0 Å². The number of nitrogens with zero attached hydrogens (tertiary/aromatic N) is 1. The number of aromatic amines is 1. The molecule has 0 fully saturated rings. The molecule has 0 saturated carbocycles. The Balaban J connectivity index is 2.04. The maximum absolute atomic E-state index is 13.0. The van der Waals surface area contributed by atoms with Crippen molar-refractivity contribution in [1.82, 2.24) is 25.9 Å². The van der Waals surface area contributed by atoms with Gasteiger partial charge in [0.15, 0.2) is 0 Å². The van der Waals surface area contributed by atoms with Crippen LogP contribution in [0.2, 0.25) is 0 Å². The summed E-state index contributed by atoms with van der Waals surface area (Å²) in [6, 6.07) is 4.06. The number of aliphatic hydroxyl groups is 1. The fraction of sp³-hybridized carbons (Fsp3) is 0.458. The van der Waals surface area contributed by atoms with Crippen LogP contribution in [0.3, 0.4) is 0 Å². The summed E-state index contributed by atoms with van der Waals surface area (Å²) in [5.41, 5.74) is 7.32. The summed E-state index contributed by atoms with van der Waals surface area (Å²) in [5.74, 6) is -3.70. The quantitative estimate of drug-likeness (QED) is 0.172. The minimum absolute atomic E-state index is 0.0216. The lowest BCUT2D eigenvalue weighted by molar-refractivity contribution is -0.142. The number of carbonyl (C=O) groups excluding carboxylic acids is 3. The lowest BCUT2D eigenvalue weighted by atomic mass is 9.97. The number of benzene rings is 1. The molecule has 0 aliphatic carbocycles. The van der Waals surface area contributed by atoms with E-state index in [1.54, 1.807) is 43.5 Å². The fourth-order valence-corrected chi connectivity index (χ4v) is 3.47. The molecule has 0 aliphatic heterocycles. The van der Waals surface area contributed by atoms with Gasteiger partial charge in [0.05, 0.1) is 19.0 Å². The number of nitrogens with one attached hydrogen (secondary N) is 4. The molecular formula is C24H34N6O6. The number of carboxylic acids is 1. The largest absolute Gasteiger partial charge is 0.480 e. The topological polar surface area (TPSA) is 200 Å². The number of amides is 3. The number of rotatable bonds is 14. The zero-order valence-corrected chi connectivity index (χ0v) is 20.3. The van der Waals surface area contributed by atoms with Crippen LogP contribution in [0.5, 0.6) is 0 Å². The molecule has 12 nitrogen and oxygen atoms in total. The van der Waals surface area contributed by atoms with E-state index in [4.69, 9.17) is 5.73 Å². The monoisotopic (exact) mass is 502 g/mol. The highest BCUT2D eigenvalue weighted by molar-refractivity contribution is 5.94. The third kappa shape index (κ3) is 8.47. The summed E-state index contributed by atoms with van der Waals surface area (Å²) < 4.78 is 0. The van der Waals surface area contributed by atoms with E-state index >= 15 is 0 Å². The summed E-state index contributed by atoms with van der Waals surface area (Å²) in [6.45, 7) is 2.81. The highest BCUT2D eigenvalue weighted by Gasteiger charge is 2.32. The van der Waals surface area contributed by atoms with Gasteiger partial charge in [-0.2, -0.15) is 0 Å². The second kappa shape index (κ2) is 14.0. The Morgan fingerprint density at radius 3 is 2.22 bits per heavy atom. The van der Waals surface area contributed by atoms with Crippen molar-refractivity contribution in [2.24, 2.45) is 11.7 Å². The molecule has 0 bridgehead atoms. The van der Waals surface area contributed by atoms with Crippen molar-refractivity contribution < 1.29 is 29.4 Å². The molecule has 2 aromatic rings. The molecule has 3 amide bonds. The average molecular weight is 503 g/mol. The SMILES string of the molecule is CCC(C)C(NC(=O)C(N)Cc1cnc[nH]1)C(=O)NC(CO)C(=O)NC(Cc1ccccc1)C(=O)O. The van der Waals surface area contributed by atoms with E-state index in [9.17, 15) is 29.4 Å². The van der Waals surface area contributed by atoms with E-state index in [0.717, 1.165) is 0 Å². The first-order valence-electron chi connectivity index (χ1n) is 11.7. The summed E-state index contributed by atoms with van der Waals surface area (Å²) in [6.07, 6.45) is 3.74. The molecule has 2 rings (SSSR count). The smallest absolute Gasteiger partial charge is 0.326 e. The van der Waals surface area contributed by atoms with Gasteiger partial charge in [-0.3, -0.25) is 14.4 Å². The van der Waals surface area contributed by atoms with Crippen molar-refractivity contribution in [2.75, 3.05) is 6.61 Å². The van der Waals surface area contributed by atoms with Crippen LogP contribution in [-0.2, 0) is 32.0 Å².